The first-order chi connectivity index (χ1) is 8.99. The first-order valence-corrected chi connectivity index (χ1v) is 8.68. The molecule has 1 unspecified atom stereocenters. The van der Waals surface area contributed by atoms with Crippen LogP contribution in [0.4, 0.5) is 10.1 Å². The Balaban J connectivity index is 2.05. The Hall–Kier alpha value is -0.790. The summed E-state index contributed by atoms with van der Waals surface area (Å²) in [7, 11) is -3.80. The topological polar surface area (TPSA) is 72.2 Å². The van der Waals surface area contributed by atoms with E-state index < -0.39 is 15.8 Å². The Morgan fingerprint density at radius 1 is 1.42 bits per heavy atom. The number of thioether (sulfide) groups is 1. The largest absolute Gasteiger partial charge is 0.399 e. The molecule has 0 aromatic heterocycles. The van der Waals surface area contributed by atoms with Gasteiger partial charge in [-0.15, -0.1) is 0 Å². The lowest BCUT2D eigenvalue weighted by atomic mass is 10.2. The van der Waals surface area contributed by atoms with E-state index in [0.29, 0.717) is 6.54 Å². The minimum Gasteiger partial charge on any atom is -0.399 e. The maximum absolute atomic E-state index is 13.6. The van der Waals surface area contributed by atoms with Crippen molar-refractivity contribution < 1.29 is 12.8 Å². The molecule has 0 radical (unpaired) electrons. The lowest BCUT2D eigenvalue weighted by molar-refractivity contribution is 0.553. The molecule has 106 valence electrons. The first-order valence-electron chi connectivity index (χ1n) is 6.15. The van der Waals surface area contributed by atoms with Crippen molar-refractivity contribution in [1.29, 1.82) is 0 Å². The number of halogens is 1. The number of hydrogen-bond acceptors (Lipinski definition) is 4. The van der Waals surface area contributed by atoms with Gasteiger partial charge in [0.05, 0.1) is 0 Å². The third kappa shape index (κ3) is 3.84. The van der Waals surface area contributed by atoms with Crippen molar-refractivity contribution in [1.82, 2.24) is 4.72 Å². The van der Waals surface area contributed by atoms with Gasteiger partial charge in [-0.1, -0.05) is 6.42 Å². The monoisotopic (exact) mass is 304 g/mol. The van der Waals surface area contributed by atoms with Gasteiger partial charge in [0, 0.05) is 17.5 Å². The maximum Gasteiger partial charge on any atom is 0.243 e. The van der Waals surface area contributed by atoms with E-state index in [9.17, 15) is 12.8 Å². The molecule has 1 aliphatic heterocycles. The number of nitrogens with two attached hydrogens (primary N) is 1. The van der Waals surface area contributed by atoms with E-state index in [1.165, 1.54) is 18.6 Å². The molecule has 0 amide bonds. The number of sulfonamides is 1. The van der Waals surface area contributed by atoms with Gasteiger partial charge in [0.2, 0.25) is 10.0 Å². The molecule has 1 saturated heterocycles. The molecule has 0 aliphatic carbocycles. The van der Waals surface area contributed by atoms with Gasteiger partial charge in [-0.25, -0.2) is 17.5 Å². The second-order valence-electron chi connectivity index (χ2n) is 4.53. The number of nitrogen functional groups attached to an aromatic ring is 1. The number of anilines is 1. The van der Waals surface area contributed by atoms with Crippen LogP contribution in [-0.4, -0.2) is 26.0 Å². The predicted octanol–water partition coefficient (Wildman–Crippen LogP) is 1.97. The molecule has 1 heterocycles. The van der Waals surface area contributed by atoms with Crippen molar-refractivity contribution in [2.24, 2.45) is 0 Å². The van der Waals surface area contributed by atoms with Crippen molar-refractivity contribution >= 4 is 27.5 Å². The minimum absolute atomic E-state index is 0.208. The van der Waals surface area contributed by atoms with Crippen molar-refractivity contribution in [2.45, 2.75) is 29.4 Å². The predicted molar refractivity (Wildman–Crippen MR) is 76.1 cm³/mol. The van der Waals surface area contributed by atoms with Crippen LogP contribution in [0.3, 0.4) is 0 Å². The van der Waals surface area contributed by atoms with Gasteiger partial charge < -0.3 is 5.73 Å². The summed E-state index contributed by atoms with van der Waals surface area (Å²) in [6, 6.07) is 3.60. The van der Waals surface area contributed by atoms with Crippen molar-refractivity contribution in [3.05, 3.63) is 24.0 Å². The van der Waals surface area contributed by atoms with Crippen LogP contribution < -0.4 is 10.5 Å². The fourth-order valence-electron chi connectivity index (χ4n) is 1.98. The van der Waals surface area contributed by atoms with Gasteiger partial charge in [-0.05, 0) is 36.8 Å². The quantitative estimate of drug-likeness (QED) is 0.834. The van der Waals surface area contributed by atoms with E-state index in [4.69, 9.17) is 5.73 Å². The summed E-state index contributed by atoms with van der Waals surface area (Å²) in [5.41, 5.74) is 5.61. The highest BCUT2D eigenvalue weighted by Crippen LogP contribution is 2.25. The van der Waals surface area contributed by atoms with Gasteiger partial charge in [0.15, 0.2) is 0 Å². The van der Waals surface area contributed by atoms with Crippen molar-refractivity contribution in [3.8, 4) is 0 Å². The van der Waals surface area contributed by atoms with Crippen molar-refractivity contribution in [2.75, 3.05) is 18.0 Å². The summed E-state index contributed by atoms with van der Waals surface area (Å²) in [4.78, 5) is -0.345. The summed E-state index contributed by atoms with van der Waals surface area (Å²) < 4.78 is 40.1. The molecule has 0 spiro atoms. The zero-order valence-electron chi connectivity index (χ0n) is 10.4. The summed E-state index contributed by atoms with van der Waals surface area (Å²) >= 11 is 1.77. The summed E-state index contributed by atoms with van der Waals surface area (Å²) in [6.07, 6.45) is 3.30. The molecule has 1 aromatic rings. The number of nitrogens with one attached hydrogen (secondary N) is 1. The molecule has 19 heavy (non-hydrogen) atoms. The lowest BCUT2D eigenvalue weighted by Crippen LogP contribution is -2.32. The third-order valence-electron chi connectivity index (χ3n) is 3.02. The highest BCUT2D eigenvalue weighted by atomic mass is 32.2. The Labute approximate surface area is 117 Å². The number of rotatable bonds is 4. The van der Waals surface area contributed by atoms with E-state index in [0.717, 1.165) is 24.7 Å². The molecular weight excluding hydrogens is 287 g/mol. The maximum atomic E-state index is 13.6. The zero-order chi connectivity index (χ0) is 13.9. The van der Waals surface area contributed by atoms with Gasteiger partial charge in [-0.3, -0.25) is 0 Å². The molecule has 2 rings (SSSR count). The molecule has 4 nitrogen and oxygen atoms in total. The highest BCUT2D eigenvalue weighted by Gasteiger charge is 2.21. The summed E-state index contributed by atoms with van der Waals surface area (Å²) in [5.74, 6) is 0.242. The lowest BCUT2D eigenvalue weighted by Gasteiger charge is -2.21. The Kier molecular flexibility index (Phi) is 4.70. The SMILES string of the molecule is Nc1ccc(S(=O)(=O)NCC2CCCCS2)c(F)c1. The Morgan fingerprint density at radius 3 is 2.84 bits per heavy atom. The van der Waals surface area contributed by atoms with Gasteiger partial charge in [0.1, 0.15) is 10.7 Å². The van der Waals surface area contributed by atoms with Crippen LogP contribution in [0.2, 0.25) is 0 Å². The van der Waals surface area contributed by atoms with Crippen LogP contribution in [0.25, 0.3) is 0 Å². The van der Waals surface area contributed by atoms with Gasteiger partial charge in [-0.2, -0.15) is 11.8 Å². The van der Waals surface area contributed by atoms with E-state index in [1.54, 1.807) is 11.8 Å². The van der Waals surface area contributed by atoms with Crippen LogP contribution in [-0.2, 0) is 10.0 Å². The smallest absolute Gasteiger partial charge is 0.243 e. The van der Waals surface area contributed by atoms with E-state index in [2.05, 4.69) is 4.72 Å². The van der Waals surface area contributed by atoms with E-state index >= 15 is 0 Å². The average Bonchev–Trinajstić information content (AvgIpc) is 2.37. The molecule has 3 N–H and O–H groups in total. The Bertz CT molecular complexity index is 543. The molecule has 1 aromatic carbocycles. The standard InChI is InChI=1S/C12H17FN2O2S2/c13-11-7-9(14)4-5-12(11)19(16,17)15-8-10-3-1-2-6-18-10/h4-5,7,10,15H,1-3,6,8,14H2. The number of benzene rings is 1. The second-order valence-corrected chi connectivity index (χ2v) is 7.67. The fourth-order valence-corrected chi connectivity index (χ4v) is 4.47. The average molecular weight is 304 g/mol. The third-order valence-corrected chi connectivity index (χ3v) is 5.88. The normalized spacial score (nSPS) is 20.4. The number of hydrogen-bond donors (Lipinski definition) is 2. The molecule has 0 saturated carbocycles. The van der Waals surface area contributed by atoms with E-state index in [-0.39, 0.29) is 15.8 Å². The molecule has 1 fully saturated rings. The first kappa shape index (κ1) is 14.6. The molecule has 1 aliphatic rings. The van der Waals surface area contributed by atoms with E-state index in [1.807, 2.05) is 0 Å². The Morgan fingerprint density at radius 2 is 2.21 bits per heavy atom. The zero-order valence-corrected chi connectivity index (χ0v) is 12.1. The van der Waals surface area contributed by atoms with Gasteiger partial charge >= 0.3 is 0 Å². The highest BCUT2D eigenvalue weighted by molar-refractivity contribution is 8.00. The minimum atomic E-state index is -3.80. The van der Waals surface area contributed by atoms with Crippen LogP contribution in [0.1, 0.15) is 19.3 Å². The molecule has 0 bridgehead atoms. The summed E-state index contributed by atoms with van der Waals surface area (Å²) in [6.45, 7) is 0.344. The molecule has 1 atom stereocenters. The molecular formula is C12H17FN2O2S2. The fraction of sp³-hybridized carbons (Fsp3) is 0.500. The van der Waals surface area contributed by atoms with Crippen LogP contribution in [0.5, 0.6) is 0 Å². The van der Waals surface area contributed by atoms with Crippen LogP contribution in [0, 0.1) is 5.82 Å². The second kappa shape index (κ2) is 6.11. The van der Waals surface area contributed by atoms with Crippen LogP contribution >= 0.6 is 11.8 Å². The van der Waals surface area contributed by atoms with Crippen LogP contribution in [0.15, 0.2) is 23.1 Å². The molecule has 7 heteroatoms. The van der Waals surface area contributed by atoms with Crippen molar-refractivity contribution in [3.63, 3.8) is 0 Å². The van der Waals surface area contributed by atoms with Gasteiger partial charge in [0.25, 0.3) is 0 Å². The summed E-state index contributed by atoms with van der Waals surface area (Å²) in [5, 5.41) is 0.278.